The van der Waals surface area contributed by atoms with E-state index < -0.39 is 97.5 Å². The number of phosphoric ester groups is 2. The summed E-state index contributed by atoms with van der Waals surface area (Å²) in [4.78, 5) is 72.4. The van der Waals surface area contributed by atoms with Gasteiger partial charge in [0, 0.05) is 25.7 Å². The average molecular weight is 1310 g/mol. The van der Waals surface area contributed by atoms with Gasteiger partial charge in [-0.3, -0.25) is 37.3 Å². The summed E-state index contributed by atoms with van der Waals surface area (Å²) in [6, 6.07) is 0. The molecule has 5 atom stereocenters. The molecule has 0 radical (unpaired) electrons. The van der Waals surface area contributed by atoms with Crippen molar-refractivity contribution in [3.05, 3.63) is 0 Å². The van der Waals surface area contributed by atoms with Gasteiger partial charge in [-0.1, -0.05) is 305 Å². The third-order valence-electron chi connectivity index (χ3n) is 16.2. The van der Waals surface area contributed by atoms with Gasteiger partial charge in [0.2, 0.25) is 0 Å². The van der Waals surface area contributed by atoms with Crippen LogP contribution < -0.4 is 0 Å². The first-order chi connectivity index (χ1) is 42.9. The third kappa shape index (κ3) is 64.6. The molecule has 17 nitrogen and oxygen atoms in total. The molecule has 0 aliphatic carbocycles. The van der Waals surface area contributed by atoms with E-state index in [2.05, 4.69) is 41.5 Å². The minimum Gasteiger partial charge on any atom is -0.462 e. The number of rotatable bonds is 69. The van der Waals surface area contributed by atoms with Crippen molar-refractivity contribution in [2.45, 2.75) is 374 Å². The Bertz CT molecular complexity index is 1730. The van der Waals surface area contributed by atoms with Gasteiger partial charge in [0.1, 0.15) is 19.3 Å². The first-order valence-corrected chi connectivity index (χ1v) is 39.5. The molecule has 19 heteroatoms. The maximum atomic E-state index is 13.0. The molecule has 0 heterocycles. The van der Waals surface area contributed by atoms with Crippen LogP contribution in [0, 0.1) is 11.8 Å². The van der Waals surface area contributed by atoms with Crippen LogP contribution in [0.15, 0.2) is 0 Å². The van der Waals surface area contributed by atoms with Crippen LogP contribution in [0.25, 0.3) is 0 Å². The Balaban J connectivity index is 5.20. The summed E-state index contributed by atoms with van der Waals surface area (Å²) in [5.41, 5.74) is 0. The number of phosphoric acid groups is 2. The van der Waals surface area contributed by atoms with Gasteiger partial charge in [-0.15, -0.1) is 0 Å². The molecule has 528 valence electrons. The Kier molecular flexibility index (Phi) is 60.8. The molecule has 0 aliphatic heterocycles. The summed E-state index contributed by atoms with van der Waals surface area (Å²) < 4.78 is 68.2. The smallest absolute Gasteiger partial charge is 0.462 e. The molecular weight excluding hydrogens is 1170 g/mol. The summed E-state index contributed by atoms with van der Waals surface area (Å²) in [5.74, 6) is -0.615. The van der Waals surface area contributed by atoms with E-state index >= 15 is 0 Å². The highest BCUT2D eigenvalue weighted by atomic mass is 31.2. The van der Waals surface area contributed by atoms with E-state index in [9.17, 15) is 43.2 Å². The second-order valence-corrected chi connectivity index (χ2v) is 29.1. The number of unbranched alkanes of at least 4 members (excludes halogenated alkanes) is 39. The van der Waals surface area contributed by atoms with Crippen LogP contribution in [0.5, 0.6) is 0 Å². The Morgan fingerprint density at radius 3 is 0.764 bits per heavy atom. The number of hydrogen-bond acceptors (Lipinski definition) is 15. The fourth-order valence-electron chi connectivity index (χ4n) is 10.6. The zero-order chi connectivity index (χ0) is 65.7. The van der Waals surface area contributed by atoms with Gasteiger partial charge >= 0.3 is 39.5 Å². The molecule has 0 saturated carbocycles. The number of carbonyl (C=O) groups is 4. The molecule has 3 N–H and O–H groups in total. The van der Waals surface area contributed by atoms with E-state index in [1.54, 1.807) is 0 Å². The predicted octanol–water partition coefficient (Wildman–Crippen LogP) is 20.0. The largest absolute Gasteiger partial charge is 0.472 e. The van der Waals surface area contributed by atoms with Gasteiger partial charge in [0.15, 0.2) is 12.2 Å². The van der Waals surface area contributed by atoms with Crippen LogP contribution in [0.4, 0.5) is 0 Å². The molecule has 0 bridgehead atoms. The van der Waals surface area contributed by atoms with Crippen LogP contribution >= 0.6 is 15.6 Å². The Morgan fingerprint density at radius 1 is 0.303 bits per heavy atom. The quantitative estimate of drug-likeness (QED) is 0.0222. The van der Waals surface area contributed by atoms with E-state index in [1.165, 1.54) is 161 Å². The summed E-state index contributed by atoms with van der Waals surface area (Å²) in [5, 5.41) is 10.6. The van der Waals surface area contributed by atoms with Crippen LogP contribution in [-0.4, -0.2) is 96.7 Å². The zero-order valence-electron chi connectivity index (χ0n) is 57.7. The summed E-state index contributed by atoms with van der Waals surface area (Å²) in [7, 11) is -9.89. The van der Waals surface area contributed by atoms with E-state index in [-0.39, 0.29) is 25.7 Å². The van der Waals surface area contributed by atoms with Gasteiger partial charge in [-0.25, -0.2) is 9.13 Å². The van der Waals surface area contributed by atoms with Crippen molar-refractivity contribution in [3.8, 4) is 0 Å². The standard InChI is InChI=1S/C70H136O17P2/c1-7-9-11-13-15-16-17-18-22-25-28-35-41-47-53-68(73)81-59-66(86-69(74)54-48-42-36-29-26-23-20-19-21-24-27-33-38-44-50-62(3)4)61-85-89(78,79)83-57-64(71)56-82-88(76,77)84-60-65(58-80-67(72)52-46-40-32-14-12-10-8-2)87-70(75)55-49-43-37-31-30-34-39-45-51-63(5)6/h62-66,71H,7-61H2,1-6H3,(H,76,77)(H,78,79)/t64-,65+,66+/m0/s1. The zero-order valence-corrected chi connectivity index (χ0v) is 59.5. The van der Waals surface area contributed by atoms with Crippen molar-refractivity contribution >= 4 is 39.5 Å². The Hall–Kier alpha value is -1.94. The van der Waals surface area contributed by atoms with Gasteiger partial charge in [-0.2, -0.15) is 0 Å². The molecule has 0 saturated heterocycles. The average Bonchev–Trinajstić information content (AvgIpc) is 3.70. The van der Waals surface area contributed by atoms with Crippen molar-refractivity contribution in [1.29, 1.82) is 0 Å². The highest BCUT2D eigenvalue weighted by molar-refractivity contribution is 7.47. The lowest BCUT2D eigenvalue weighted by Gasteiger charge is -2.21. The lowest BCUT2D eigenvalue weighted by Crippen LogP contribution is -2.30. The highest BCUT2D eigenvalue weighted by Crippen LogP contribution is 2.45. The van der Waals surface area contributed by atoms with E-state index in [1.807, 2.05) is 0 Å². The molecule has 0 aromatic carbocycles. The third-order valence-corrected chi connectivity index (χ3v) is 18.1. The molecule has 0 aliphatic rings. The minimum atomic E-state index is -4.95. The first kappa shape index (κ1) is 87.1. The Labute approximate surface area is 543 Å². The molecular formula is C70H136O17P2. The number of ether oxygens (including phenoxy) is 4. The van der Waals surface area contributed by atoms with Crippen LogP contribution in [0.1, 0.15) is 356 Å². The molecule has 0 aromatic heterocycles. The molecule has 0 amide bonds. The Morgan fingerprint density at radius 2 is 0.517 bits per heavy atom. The number of esters is 4. The molecule has 0 rings (SSSR count). The lowest BCUT2D eigenvalue weighted by atomic mass is 10.0. The summed E-state index contributed by atoms with van der Waals surface area (Å²) in [6.45, 7) is 9.49. The second kappa shape index (κ2) is 62.2. The van der Waals surface area contributed by atoms with E-state index in [0.717, 1.165) is 115 Å². The van der Waals surface area contributed by atoms with Crippen molar-refractivity contribution < 1.29 is 80.2 Å². The molecule has 0 aromatic rings. The van der Waals surface area contributed by atoms with E-state index in [0.29, 0.717) is 25.7 Å². The van der Waals surface area contributed by atoms with Gasteiger partial charge in [0.05, 0.1) is 26.4 Å². The monoisotopic (exact) mass is 1310 g/mol. The fraction of sp³-hybridized carbons (Fsp3) is 0.943. The van der Waals surface area contributed by atoms with Gasteiger partial charge in [0.25, 0.3) is 0 Å². The first-order valence-electron chi connectivity index (χ1n) is 36.5. The van der Waals surface area contributed by atoms with Crippen molar-refractivity contribution in [3.63, 3.8) is 0 Å². The SMILES string of the molecule is CCCCCCCCCCCCCCCCC(=O)OC[C@H](COP(=O)(O)OC[C@@H](O)COP(=O)(O)OC[C@@H](COC(=O)CCCCCCCCC)OC(=O)CCCCCCCCCCC(C)C)OC(=O)CCCCCCCCCCCCCCCCC(C)C. The summed E-state index contributed by atoms with van der Waals surface area (Å²) in [6.07, 6.45) is 47.3. The number of hydrogen-bond donors (Lipinski definition) is 3. The lowest BCUT2D eigenvalue weighted by molar-refractivity contribution is -0.161. The molecule has 0 spiro atoms. The highest BCUT2D eigenvalue weighted by Gasteiger charge is 2.30. The van der Waals surface area contributed by atoms with Crippen LogP contribution in [-0.2, 0) is 65.4 Å². The van der Waals surface area contributed by atoms with Crippen molar-refractivity contribution in [1.82, 2.24) is 0 Å². The minimum absolute atomic E-state index is 0.104. The molecule has 2 unspecified atom stereocenters. The normalized spacial score (nSPS) is 14.1. The van der Waals surface area contributed by atoms with Crippen molar-refractivity contribution in [2.24, 2.45) is 11.8 Å². The maximum absolute atomic E-state index is 13.0. The molecule has 0 fully saturated rings. The number of aliphatic hydroxyl groups excluding tert-OH is 1. The van der Waals surface area contributed by atoms with Crippen LogP contribution in [0.3, 0.4) is 0 Å². The molecule has 89 heavy (non-hydrogen) atoms. The van der Waals surface area contributed by atoms with E-state index in [4.69, 9.17) is 37.0 Å². The second-order valence-electron chi connectivity index (χ2n) is 26.2. The van der Waals surface area contributed by atoms with Crippen LogP contribution in [0.2, 0.25) is 0 Å². The maximum Gasteiger partial charge on any atom is 0.472 e. The number of aliphatic hydroxyl groups is 1. The van der Waals surface area contributed by atoms with Crippen molar-refractivity contribution in [2.75, 3.05) is 39.6 Å². The fourth-order valence-corrected chi connectivity index (χ4v) is 12.2. The number of carbonyl (C=O) groups excluding carboxylic acids is 4. The van der Waals surface area contributed by atoms with Gasteiger partial charge in [-0.05, 0) is 37.5 Å². The predicted molar refractivity (Wildman–Crippen MR) is 358 cm³/mol. The van der Waals surface area contributed by atoms with Gasteiger partial charge < -0.3 is 33.8 Å². The summed E-state index contributed by atoms with van der Waals surface area (Å²) >= 11 is 0. The topological polar surface area (TPSA) is 237 Å².